The van der Waals surface area contributed by atoms with E-state index in [4.69, 9.17) is 5.26 Å². The molecule has 0 atom stereocenters. The fourth-order valence-electron chi connectivity index (χ4n) is 1.11. The SMILES string of the molecule is CSC(=NC#N)N(C)CC(C)(C)C. The van der Waals surface area contributed by atoms with E-state index in [0.29, 0.717) is 0 Å². The predicted octanol–water partition coefficient (Wildman–Crippen LogP) is 2.16. The number of nitriles is 1. The van der Waals surface area contributed by atoms with E-state index in [1.54, 1.807) is 0 Å². The Balaban J connectivity index is 4.33. The summed E-state index contributed by atoms with van der Waals surface area (Å²) in [5.41, 5.74) is 0.223. The van der Waals surface area contributed by atoms with Crippen molar-refractivity contribution in [1.82, 2.24) is 4.90 Å². The molecule has 74 valence electrons. The average molecular weight is 199 g/mol. The molecule has 0 amide bonds. The standard InChI is InChI=1S/C9H17N3S/c1-9(2,3)6-12(4)8(13-5)11-7-10/h6H2,1-5H3. The zero-order chi connectivity index (χ0) is 10.5. The Labute approximate surface area is 84.8 Å². The number of amidine groups is 1. The molecule has 0 unspecified atom stereocenters. The number of hydrogen-bond donors (Lipinski definition) is 0. The highest BCUT2D eigenvalue weighted by atomic mass is 32.2. The van der Waals surface area contributed by atoms with Gasteiger partial charge >= 0.3 is 0 Å². The minimum absolute atomic E-state index is 0.223. The molecule has 0 spiro atoms. The van der Waals surface area contributed by atoms with E-state index >= 15 is 0 Å². The van der Waals surface area contributed by atoms with Crippen molar-refractivity contribution in [3.8, 4) is 6.19 Å². The highest BCUT2D eigenvalue weighted by Crippen LogP contribution is 2.16. The van der Waals surface area contributed by atoms with Crippen molar-refractivity contribution in [3.63, 3.8) is 0 Å². The molecule has 13 heavy (non-hydrogen) atoms. The summed E-state index contributed by atoms with van der Waals surface area (Å²) in [6.45, 7) is 7.38. The molecule has 0 aromatic carbocycles. The van der Waals surface area contributed by atoms with Gasteiger partial charge < -0.3 is 4.90 Å². The molecule has 0 aliphatic carbocycles. The highest BCUT2D eigenvalue weighted by Gasteiger charge is 2.15. The Kier molecular flexibility index (Phi) is 4.86. The molecule has 0 aromatic rings. The van der Waals surface area contributed by atoms with E-state index in [9.17, 15) is 0 Å². The van der Waals surface area contributed by atoms with Gasteiger partial charge in [0.1, 0.15) is 0 Å². The summed E-state index contributed by atoms with van der Waals surface area (Å²) in [5.74, 6) is 0. The Morgan fingerprint density at radius 3 is 2.38 bits per heavy atom. The zero-order valence-corrected chi connectivity index (χ0v) is 9.77. The molecule has 0 bridgehead atoms. The summed E-state index contributed by atoms with van der Waals surface area (Å²) in [6.07, 6.45) is 3.74. The van der Waals surface area contributed by atoms with Crippen LogP contribution in [0.4, 0.5) is 0 Å². The summed E-state index contributed by atoms with van der Waals surface area (Å²) in [7, 11) is 1.96. The second-order valence-corrected chi connectivity index (χ2v) is 4.89. The zero-order valence-electron chi connectivity index (χ0n) is 8.96. The molecule has 0 fully saturated rings. The molecular weight excluding hydrogens is 182 g/mol. The third-order valence-corrected chi connectivity index (χ3v) is 2.13. The molecule has 3 nitrogen and oxygen atoms in total. The largest absolute Gasteiger partial charge is 0.353 e. The van der Waals surface area contributed by atoms with Gasteiger partial charge in [-0.3, -0.25) is 0 Å². The van der Waals surface area contributed by atoms with E-state index in [2.05, 4.69) is 25.8 Å². The minimum atomic E-state index is 0.223. The lowest BCUT2D eigenvalue weighted by Gasteiger charge is -2.27. The third-order valence-electron chi connectivity index (χ3n) is 1.37. The van der Waals surface area contributed by atoms with Crippen LogP contribution in [0.5, 0.6) is 0 Å². The molecule has 0 saturated carbocycles. The van der Waals surface area contributed by atoms with Gasteiger partial charge in [0, 0.05) is 13.6 Å². The van der Waals surface area contributed by atoms with Crippen LogP contribution >= 0.6 is 11.8 Å². The Morgan fingerprint density at radius 2 is 2.08 bits per heavy atom. The number of rotatable bonds is 1. The van der Waals surface area contributed by atoms with Crippen molar-refractivity contribution in [2.24, 2.45) is 10.4 Å². The van der Waals surface area contributed by atoms with E-state index in [-0.39, 0.29) is 5.41 Å². The molecule has 0 aliphatic heterocycles. The second-order valence-electron chi connectivity index (χ2n) is 4.12. The molecule has 4 heteroatoms. The lowest BCUT2D eigenvalue weighted by molar-refractivity contribution is 0.309. The number of thioether (sulfide) groups is 1. The van der Waals surface area contributed by atoms with E-state index < -0.39 is 0 Å². The monoisotopic (exact) mass is 199 g/mol. The summed E-state index contributed by atoms with van der Waals surface area (Å²) >= 11 is 1.50. The number of aliphatic imine (C=N–C) groups is 1. The first kappa shape index (κ1) is 12.3. The van der Waals surface area contributed by atoms with Gasteiger partial charge in [-0.2, -0.15) is 5.26 Å². The molecule has 0 radical (unpaired) electrons. The topological polar surface area (TPSA) is 39.4 Å². The van der Waals surface area contributed by atoms with Gasteiger partial charge in [0.2, 0.25) is 6.19 Å². The maximum atomic E-state index is 8.44. The van der Waals surface area contributed by atoms with Crippen LogP contribution in [0.15, 0.2) is 4.99 Å². The van der Waals surface area contributed by atoms with Crippen molar-refractivity contribution in [2.75, 3.05) is 19.8 Å². The maximum Gasteiger partial charge on any atom is 0.208 e. The first-order valence-electron chi connectivity index (χ1n) is 4.12. The van der Waals surface area contributed by atoms with Crippen LogP contribution in [-0.4, -0.2) is 29.9 Å². The van der Waals surface area contributed by atoms with Crippen LogP contribution < -0.4 is 0 Å². The van der Waals surface area contributed by atoms with Crippen molar-refractivity contribution in [3.05, 3.63) is 0 Å². The van der Waals surface area contributed by atoms with Crippen LogP contribution in [-0.2, 0) is 0 Å². The summed E-state index contributed by atoms with van der Waals surface area (Å²) in [5, 5.41) is 9.21. The molecule has 0 rings (SSSR count). The lowest BCUT2D eigenvalue weighted by atomic mass is 9.96. The van der Waals surface area contributed by atoms with Gasteiger partial charge in [-0.25, -0.2) is 0 Å². The minimum Gasteiger partial charge on any atom is -0.353 e. The van der Waals surface area contributed by atoms with Crippen LogP contribution in [0.2, 0.25) is 0 Å². The predicted molar refractivity (Wildman–Crippen MR) is 58.6 cm³/mol. The Morgan fingerprint density at radius 1 is 1.54 bits per heavy atom. The summed E-state index contributed by atoms with van der Waals surface area (Å²) < 4.78 is 0. The van der Waals surface area contributed by atoms with Gasteiger partial charge in [0.05, 0.1) is 0 Å². The summed E-state index contributed by atoms with van der Waals surface area (Å²) in [6, 6.07) is 0. The molecule has 0 heterocycles. The van der Waals surface area contributed by atoms with Crippen LogP contribution in [0.3, 0.4) is 0 Å². The Bertz CT molecular complexity index is 222. The number of hydrogen-bond acceptors (Lipinski definition) is 3. The fraction of sp³-hybridized carbons (Fsp3) is 0.778. The lowest BCUT2D eigenvalue weighted by Crippen LogP contribution is -2.32. The van der Waals surface area contributed by atoms with Crippen molar-refractivity contribution >= 4 is 16.9 Å². The van der Waals surface area contributed by atoms with E-state index in [1.807, 2.05) is 24.4 Å². The van der Waals surface area contributed by atoms with Crippen LogP contribution in [0, 0.1) is 16.9 Å². The molecule has 0 N–H and O–H groups in total. The first-order valence-corrected chi connectivity index (χ1v) is 5.35. The Hall–Kier alpha value is -0.690. The van der Waals surface area contributed by atoms with Crippen molar-refractivity contribution in [2.45, 2.75) is 20.8 Å². The third kappa shape index (κ3) is 5.53. The van der Waals surface area contributed by atoms with Crippen molar-refractivity contribution < 1.29 is 0 Å². The average Bonchev–Trinajstić information content (AvgIpc) is 1.96. The highest BCUT2D eigenvalue weighted by molar-refractivity contribution is 8.13. The van der Waals surface area contributed by atoms with Gasteiger partial charge in [0.25, 0.3) is 0 Å². The molecular formula is C9H17N3S. The first-order chi connectivity index (χ1) is 5.90. The van der Waals surface area contributed by atoms with E-state index in [0.717, 1.165) is 11.7 Å². The smallest absolute Gasteiger partial charge is 0.208 e. The fourth-order valence-corrected chi connectivity index (χ4v) is 1.62. The molecule has 0 saturated heterocycles. The molecule has 0 aromatic heterocycles. The van der Waals surface area contributed by atoms with Crippen LogP contribution in [0.25, 0.3) is 0 Å². The van der Waals surface area contributed by atoms with Gasteiger partial charge in [0.15, 0.2) is 5.17 Å². The summed E-state index contributed by atoms with van der Waals surface area (Å²) in [4.78, 5) is 5.75. The van der Waals surface area contributed by atoms with Gasteiger partial charge in [-0.15, -0.1) is 4.99 Å². The van der Waals surface area contributed by atoms with Crippen LogP contribution in [0.1, 0.15) is 20.8 Å². The van der Waals surface area contributed by atoms with Crippen molar-refractivity contribution in [1.29, 1.82) is 5.26 Å². The number of nitrogens with zero attached hydrogens (tertiary/aromatic N) is 3. The van der Waals surface area contributed by atoms with E-state index in [1.165, 1.54) is 11.8 Å². The van der Waals surface area contributed by atoms with Gasteiger partial charge in [-0.05, 0) is 11.7 Å². The normalized spacial score (nSPS) is 12.5. The second kappa shape index (κ2) is 5.13. The maximum absolute atomic E-state index is 8.44. The quantitative estimate of drug-likeness (QED) is 0.369. The molecule has 0 aliphatic rings. The van der Waals surface area contributed by atoms with Gasteiger partial charge in [-0.1, -0.05) is 32.5 Å².